The molecule has 4 nitrogen and oxygen atoms in total. The van der Waals surface area contributed by atoms with E-state index in [-0.39, 0.29) is 0 Å². The first-order valence-electron chi connectivity index (χ1n) is 5.54. The van der Waals surface area contributed by atoms with Gasteiger partial charge >= 0.3 is 0 Å². The summed E-state index contributed by atoms with van der Waals surface area (Å²) in [5.41, 5.74) is 7.02. The molecule has 2 aromatic heterocycles. The summed E-state index contributed by atoms with van der Waals surface area (Å²) in [6, 6.07) is 2.00. The molecule has 84 valence electrons. The molecule has 5 heteroatoms. The molecule has 2 aromatic rings. The molecule has 0 atom stereocenters. The van der Waals surface area contributed by atoms with Crippen molar-refractivity contribution in [2.45, 2.75) is 32.7 Å². The fourth-order valence-corrected chi connectivity index (χ4v) is 3.14. The van der Waals surface area contributed by atoms with Crippen molar-refractivity contribution in [2.75, 3.05) is 5.73 Å². The van der Waals surface area contributed by atoms with Crippen molar-refractivity contribution in [2.24, 2.45) is 0 Å². The highest BCUT2D eigenvalue weighted by atomic mass is 32.1. The van der Waals surface area contributed by atoms with Gasteiger partial charge in [-0.05, 0) is 31.4 Å². The van der Waals surface area contributed by atoms with Gasteiger partial charge in [0, 0.05) is 13.0 Å². The molecule has 0 unspecified atom stereocenters. The third kappa shape index (κ3) is 1.43. The highest BCUT2D eigenvalue weighted by Crippen LogP contribution is 2.33. The van der Waals surface area contributed by atoms with Crippen LogP contribution in [0.2, 0.25) is 0 Å². The van der Waals surface area contributed by atoms with Gasteiger partial charge < -0.3 is 10.3 Å². The summed E-state index contributed by atoms with van der Waals surface area (Å²) in [5.74, 6) is 2.11. The molecule has 3 heterocycles. The van der Waals surface area contributed by atoms with Crippen molar-refractivity contribution in [1.82, 2.24) is 14.8 Å². The van der Waals surface area contributed by atoms with Gasteiger partial charge in [-0.1, -0.05) is 0 Å². The van der Waals surface area contributed by atoms with Crippen LogP contribution in [-0.4, -0.2) is 14.8 Å². The average molecular weight is 234 g/mol. The lowest BCUT2D eigenvalue weighted by molar-refractivity contribution is 0.526. The Labute approximate surface area is 98.1 Å². The molecule has 0 amide bonds. The van der Waals surface area contributed by atoms with Crippen molar-refractivity contribution in [3.63, 3.8) is 0 Å². The van der Waals surface area contributed by atoms with E-state index in [1.54, 1.807) is 11.3 Å². The average Bonchev–Trinajstić information content (AvgIpc) is 2.81. The van der Waals surface area contributed by atoms with E-state index in [4.69, 9.17) is 5.73 Å². The molecular weight excluding hydrogens is 220 g/mol. The van der Waals surface area contributed by atoms with E-state index < -0.39 is 0 Å². The lowest BCUT2D eigenvalue weighted by Gasteiger charge is -2.14. The van der Waals surface area contributed by atoms with E-state index in [0.717, 1.165) is 34.5 Å². The molecule has 16 heavy (non-hydrogen) atoms. The number of hydrogen-bond donors (Lipinski definition) is 1. The highest BCUT2D eigenvalue weighted by Gasteiger charge is 2.19. The summed E-state index contributed by atoms with van der Waals surface area (Å²) in [4.78, 5) is 1.16. The molecule has 0 fully saturated rings. The molecule has 0 spiro atoms. The Balaban J connectivity index is 2.13. The van der Waals surface area contributed by atoms with Gasteiger partial charge in [0.2, 0.25) is 0 Å². The van der Waals surface area contributed by atoms with Gasteiger partial charge in [-0.2, -0.15) is 0 Å². The smallest absolute Gasteiger partial charge is 0.174 e. The molecule has 0 bridgehead atoms. The van der Waals surface area contributed by atoms with Crippen LogP contribution in [0.4, 0.5) is 5.00 Å². The first kappa shape index (κ1) is 9.84. The zero-order valence-electron chi connectivity index (χ0n) is 9.23. The molecule has 0 radical (unpaired) electrons. The van der Waals surface area contributed by atoms with Gasteiger partial charge in [0.1, 0.15) is 5.82 Å². The molecule has 2 N–H and O–H groups in total. The lowest BCUT2D eigenvalue weighted by atomic mass is 10.1. The van der Waals surface area contributed by atoms with Gasteiger partial charge in [-0.25, -0.2) is 0 Å². The summed E-state index contributed by atoms with van der Waals surface area (Å²) in [5, 5.41) is 9.42. The van der Waals surface area contributed by atoms with Gasteiger partial charge in [-0.15, -0.1) is 21.5 Å². The topological polar surface area (TPSA) is 56.7 Å². The largest absolute Gasteiger partial charge is 0.391 e. The number of aryl methyl sites for hydroxylation is 2. The Kier molecular flexibility index (Phi) is 2.21. The first-order valence-corrected chi connectivity index (χ1v) is 6.35. The number of rotatable bonds is 1. The maximum atomic E-state index is 5.82. The quantitative estimate of drug-likeness (QED) is 0.823. The second kappa shape index (κ2) is 3.59. The molecule has 0 aliphatic carbocycles. The Bertz CT molecular complexity index is 526. The third-order valence-electron chi connectivity index (χ3n) is 3.00. The number of nitrogens with zero attached hydrogens (tertiary/aromatic N) is 3. The number of nitrogens with two attached hydrogens (primary N) is 1. The number of nitrogen functional groups attached to an aromatic ring is 1. The Morgan fingerprint density at radius 3 is 3.00 bits per heavy atom. The van der Waals surface area contributed by atoms with Crippen LogP contribution in [0.25, 0.3) is 10.7 Å². The predicted molar refractivity (Wildman–Crippen MR) is 65.4 cm³/mol. The fraction of sp³-hybridized carbons (Fsp3) is 0.455. The van der Waals surface area contributed by atoms with Crippen LogP contribution >= 0.6 is 11.3 Å². The summed E-state index contributed by atoms with van der Waals surface area (Å²) in [7, 11) is 0. The Morgan fingerprint density at radius 1 is 1.38 bits per heavy atom. The van der Waals surface area contributed by atoms with Gasteiger partial charge in [-0.3, -0.25) is 0 Å². The van der Waals surface area contributed by atoms with Gasteiger partial charge in [0.25, 0.3) is 0 Å². The van der Waals surface area contributed by atoms with Crippen LogP contribution in [0.1, 0.15) is 24.2 Å². The van der Waals surface area contributed by atoms with Gasteiger partial charge in [0.15, 0.2) is 5.82 Å². The summed E-state index contributed by atoms with van der Waals surface area (Å²) >= 11 is 1.60. The molecular formula is C11H14N4S. The van der Waals surface area contributed by atoms with E-state index in [2.05, 4.69) is 21.7 Å². The number of anilines is 1. The number of fused-ring (bicyclic) bond motifs is 1. The monoisotopic (exact) mass is 234 g/mol. The van der Waals surface area contributed by atoms with E-state index in [1.165, 1.54) is 18.4 Å². The van der Waals surface area contributed by atoms with Crippen LogP contribution < -0.4 is 5.73 Å². The third-order valence-corrected chi connectivity index (χ3v) is 4.06. The maximum absolute atomic E-state index is 5.82. The number of aromatic nitrogens is 3. The van der Waals surface area contributed by atoms with Crippen molar-refractivity contribution in [1.29, 1.82) is 0 Å². The second-order valence-electron chi connectivity index (χ2n) is 4.21. The standard InChI is InChI=1S/C11H14N4S/c1-7-6-8(12)16-10(7)11-14-13-9-4-2-3-5-15(9)11/h6H,2-5,12H2,1H3. The van der Waals surface area contributed by atoms with Crippen LogP contribution in [0.15, 0.2) is 6.07 Å². The Morgan fingerprint density at radius 2 is 2.25 bits per heavy atom. The fourth-order valence-electron chi connectivity index (χ4n) is 2.20. The zero-order chi connectivity index (χ0) is 11.1. The molecule has 0 saturated heterocycles. The van der Waals surface area contributed by atoms with Crippen molar-refractivity contribution < 1.29 is 0 Å². The van der Waals surface area contributed by atoms with Crippen molar-refractivity contribution >= 4 is 16.3 Å². The maximum Gasteiger partial charge on any atom is 0.174 e. The minimum atomic E-state index is 0.848. The molecule has 3 rings (SSSR count). The number of thiophene rings is 1. The molecule has 1 aliphatic heterocycles. The van der Waals surface area contributed by atoms with Crippen LogP contribution in [0.5, 0.6) is 0 Å². The number of hydrogen-bond acceptors (Lipinski definition) is 4. The summed E-state index contributed by atoms with van der Waals surface area (Å²) < 4.78 is 2.24. The molecule has 1 aliphatic rings. The highest BCUT2D eigenvalue weighted by molar-refractivity contribution is 7.19. The minimum Gasteiger partial charge on any atom is -0.391 e. The zero-order valence-corrected chi connectivity index (χ0v) is 10.0. The van der Waals surface area contributed by atoms with Crippen LogP contribution in [-0.2, 0) is 13.0 Å². The predicted octanol–water partition coefficient (Wildman–Crippen LogP) is 2.23. The Hall–Kier alpha value is -1.36. The van der Waals surface area contributed by atoms with Crippen molar-refractivity contribution in [3.8, 4) is 10.7 Å². The van der Waals surface area contributed by atoms with Crippen LogP contribution in [0.3, 0.4) is 0 Å². The van der Waals surface area contributed by atoms with E-state index >= 15 is 0 Å². The molecule has 0 saturated carbocycles. The minimum absolute atomic E-state index is 0.848. The molecule has 0 aromatic carbocycles. The lowest BCUT2D eigenvalue weighted by Crippen LogP contribution is -2.11. The second-order valence-corrected chi connectivity index (χ2v) is 5.29. The van der Waals surface area contributed by atoms with E-state index in [9.17, 15) is 0 Å². The first-order chi connectivity index (χ1) is 7.75. The van der Waals surface area contributed by atoms with E-state index in [1.807, 2.05) is 6.07 Å². The summed E-state index contributed by atoms with van der Waals surface area (Å²) in [6.07, 6.45) is 3.49. The SMILES string of the molecule is Cc1cc(N)sc1-c1nnc2n1CCCC2. The summed E-state index contributed by atoms with van der Waals surface area (Å²) in [6.45, 7) is 3.11. The van der Waals surface area contributed by atoms with E-state index in [0.29, 0.717) is 0 Å². The van der Waals surface area contributed by atoms with Crippen LogP contribution in [0, 0.1) is 6.92 Å². The van der Waals surface area contributed by atoms with Gasteiger partial charge in [0.05, 0.1) is 9.88 Å². The van der Waals surface area contributed by atoms with Crippen molar-refractivity contribution in [3.05, 3.63) is 17.5 Å². The normalized spacial score (nSPS) is 15.1.